The Morgan fingerprint density at radius 3 is 2.25 bits per heavy atom. The minimum atomic E-state index is -0.803. The Hall–Kier alpha value is -1.30. The average Bonchev–Trinajstić information content (AvgIpc) is 2.29. The molecule has 6 heteroatoms. The van der Waals surface area contributed by atoms with Gasteiger partial charge in [0, 0.05) is 25.7 Å². The van der Waals surface area contributed by atoms with E-state index < -0.39 is 11.6 Å². The van der Waals surface area contributed by atoms with Gasteiger partial charge in [0.05, 0.1) is 6.54 Å². The maximum atomic E-state index is 12.1. The molecule has 0 spiro atoms. The summed E-state index contributed by atoms with van der Waals surface area (Å²) in [6.45, 7) is 9.60. The lowest BCUT2D eigenvalue weighted by molar-refractivity contribution is -0.138. The number of hydrogen-bond acceptors (Lipinski definition) is 4. The van der Waals surface area contributed by atoms with Crippen molar-refractivity contribution < 1.29 is 19.4 Å². The van der Waals surface area contributed by atoms with Crippen LogP contribution < -0.4 is 0 Å². The van der Waals surface area contributed by atoms with Crippen LogP contribution in [0.25, 0.3) is 0 Å². The highest BCUT2D eigenvalue weighted by Crippen LogP contribution is 2.19. The summed E-state index contributed by atoms with van der Waals surface area (Å²) >= 11 is 0. The second kappa shape index (κ2) is 6.92. The van der Waals surface area contributed by atoms with Gasteiger partial charge >= 0.3 is 12.1 Å². The Kier molecular flexibility index (Phi) is 5.80. The highest BCUT2D eigenvalue weighted by atomic mass is 16.6. The molecule has 0 radical (unpaired) electrons. The molecule has 116 valence electrons. The molecular weight excluding hydrogens is 260 g/mol. The molecule has 1 saturated heterocycles. The number of carbonyl (C=O) groups excluding carboxylic acids is 1. The average molecular weight is 286 g/mol. The molecule has 0 saturated carbocycles. The van der Waals surface area contributed by atoms with E-state index in [1.807, 2.05) is 32.6 Å². The molecule has 0 aromatic heterocycles. The molecule has 1 amide bonds. The third-order valence-corrected chi connectivity index (χ3v) is 3.33. The number of aliphatic carboxylic acids is 1. The molecular formula is C14H26N2O4. The number of carboxylic acid groups (broad SMARTS) is 1. The largest absolute Gasteiger partial charge is 0.480 e. The molecule has 0 aromatic rings. The highest BCUT2D eigenvalue weighted by molar-refractivity contribution is 5.69. The van der Waals surface area contributed by atoms with Crippen molar-refractivity contribution in [2.24, 2.45) is 0 Å². The predicted octanol–water partition coefficient (Wildman–Crippen LogP) is 1.79. The lowest BCUT2D eigenvalue weighted by Crippen LogP contribution is -2.49. The van der Waals surface area contributed by atoms with E-state index in [1.54, 1.807) is 4.90 Å². The normalized spacial score (nSPS) is 17.8. The third-order valence-electron chi connectivity index (χ3n) is 3.33. The van der Waals surface area contributed by atoms with E-state index in [-0.39, 0.29) is 18.7 Å². The van der Waals surface area contributed by atoms with E-state index in [0.29, 0.717) is 19.6 Å². The SMILES string of the molecule is CCN(C(=O)OC(C)(C)C)C1CCN(CC(=O)O)CC1. The van der Waals surface area contributed by atoms with Crippen molar-refractivity contribution in [3.63, 3.8) is 0 Å². The van der Waals surface area contributed by atoms with Crippen LogP contribution in [0.3, 0.4) is 0 Å². The molecule has 0 aliphatic carbocycles. The van der Waals surface area contributed by atoms with Crippen LogP contribution in [0.4, 0.5) is 4.79 Å². The topological polar surface area (TPSA) is 70.1 Å². The van der Waals surface area contributed by atoms with Gasteiger partial charge in [0.15, 0.2) is 0 Å². The molecule has 1 rings (SSSR count). The third kappa shape index (κ3) is 5.36. The zero-order valence-corrected chi connectivity index (χ0v) is 12.9. The van der Waals surface area contributed by atoms with Crippen LogP contribution in [0.5, 0.6) is 0 Å². The predicted molar refractivity (Wildman–Crippen MR) is 75.7 cm³/mol. The second-order valence-electron chi connectivity index (χ2n) is 6.17. The fraction of sp³-hybridized carbons (Fsp3) is 0.857. The lowest BCUT2D eigenvalue weighted by Gasteiger charge is -2.38. The smallest absolute Gasteiger partial charge is 0.410 e. The van der Waals surface area contributed by atoms with E-state index in [0.717, 1.165) is 12.8 Å². The Balaban J connectivity index is 2.52. The Labute approximate surface area is 120 Å². The van der Waals surface area contributed by atoms with Crippen LogP contribution >= 0.6 is 0 Å². The first-order valence-electron chi connectivity index (χ1n) is 7.16. The van der Waals surface area contributed by atoms with Crippen molar-refractivity contribution in [1.29, 1.82) is 0 Å². The number of carbonyl (C=O) groups is 2. The first-order chi connectivity index (χ1) is 9.23. The maximum Gasteiger partial charge on any atom is 0.410 e. The lowest BCUT2D eigenvalue weighted by atomic mass is 10.0. The quantitative estimate of drug-likeness (QED) is 0.853. The van der Waals surface area contributed by atoms with Crippen molar-refractivity contribution in [2.75, 3.05) is 26.2 Å². The fourth-order valence-electron chi connectivity index (χ4n) is 2.44. The molecule has 1 N–H and O–H groups in total. The Morgan fingerprint density at radius 1 is 1.30 bits per heavy atom. The molecule has 0 bridgehead atoms. The molecule has 0 atom stereocenters. The summed E-state index contributed by atoms with van der Waals surface area (Å²) in [6.07, 6.45) is 1.30. The first kappa shape index (κ1) is 16.8. The number of piperidine rings is 1. The summed E-state index contributed by atoms with van der Waals surface area (Å²) in [7, 11) is 0. The Morgan fingerprint density at radius 2 is 1.85 bits per heavy atom. The standard InChI is InChI=1S/C14H26N2O4/c1-5-16(13(19)20-14(2,3)4)11-6-8-15(9-7-11)10-12(17)18/h11H,5-10H2,1-4H3,(H,17,18). The van der Waals surface area contributed by atoms with E-state index in [4.69, 9.17) is 9.84 Å². The molecule has 6 nitrogen and oxygen atoms in total. The summed E-state index contributed by atoms with van der Waals surface area (Å²) in [6, 6.07) is 0.139. The summed E-state index contributed by atoms with van der Waals surface area (Å²) in [5.41, 5.74) is -0.492. The number of amides is 1. The number of likely N-dealkylation sites (tertiary alicyclic amines) is 1. The van der Waals surface area contributed by atoms with E-state index in [1.165, 1.54) is 0 Å². The van der Waals surface area contributed by atoms with Gasteiger partial charge in [-0.2, -0.15) is 0 Å². The van der Waals surface area contributed by atoms with Crippen LogP contribution in [0.1, 0.15) is 40.5 Å². The molecule has 1 heterocycles. The van der Waals surface area contributed by atoms with Gasteiger partial charge in [-0.05, 0) is 40.5 Å². The van der Waals surface area contributed by atoms with Gasteiger partial charge in [-0.15, -0.1) is 0 Å². The summed E-state index contributed by atoms with van der Waals surface area (Å²) < 4.78 is 5.41. The van der Waals surface area contributed by atoms with Gasteiger partial charge in [0.2, 0.25) is 0 Å². The zero-order valence-electron chi connectivity index (χ0n) is 12.9. The van der Waals surface area contributed by atoms with E-state index in [2.05, 4.69) is 0 Å². The van der Waals surface area contributed by atoms with Crippen molar-refractivity contribution >= 4 is 12.1 Å². The highest BCUT2D eigenvalue weighted by Gasteiger charge is 2.30. The van der Waals surface area contributed by atoms with E-state index in [9.17, 15) is 9.59 Å². The molecule has 1 aliphatic heterocycles. The number of rotatable bonds is 4. The summed E-state index contributed by atoms with van der Waals surface area (Å²) in [4.78, 5) is 26.5. The first-order valence-corrected chi connectivity index (χ1v) is 7.16. The summed E-state index contributed by atoms with van der Waals surface area (Å²) in [5, 5.41) is 8.78. The van der Waals surface area contributed by atoms with Gasteiger partial charge < -0.3 is 14.7 Å². The monoisotopic (exact) mass is 286 g/mol. The van der Waals surface area contributed by atoms with Gasteiger partial charge in [-0.25, -0.2) is 4.79 Å². The maximum absolute atomic E-state index is 12.1. The number of nitrogens with zero attached hydrogens (tertiary/aromatic N) is 2. The molecule has 0 unspecified atom stereocenters. The van der Waals surface area contributed by atoms with E-state index >= 15 is 0 Å². The van der Waals surface area contributed by atoms with Gasteiger partial charge in [0.1, 0.15) is 5.60 Å². The van der Waals surface area contributed by atoms with Crippen LogP contribution in [0.15, 0.2) is 0 Å². The number of hydrogen-bond donors (Lipinski definition) is 1. The number of ether oxygens (including phenoxy) is 1. The van der Waals surface area contributed by atoms with Crippen LogP contribution in [-0.4, -0.2) is 64.8 Å². The Bertz CT molecular complexity index is 344. The minimum absolute atomic E-state index is 0.0747. The fourth-order valence-corrected chi connectivity index (χ4v) is 2.44. The van der Waals surface area contributed by atoms with Crippen molar-refractivity contribution in [3.8, 4) is 0 Å². The minimum Gasteiger partial charge on any atom is -0.480 e. The molecule has 1 fully saturated rings. The van der Waals surface area contributed by atoms with Crippen LogP contribution in [-0.2, 0) is 9.53 Å². The zero-order chi connectivity index (χ0) is 15.3. The number of carboxylic acids is 1. The molecule has 0 aromatic carbocycles. The van der Waals surface area contributed by atoms with Gasteiger partial charge in [0.25, 0.3) is 0 Å². The van der Waals surface area contributed by atoms with Crippen molar-refractivity contribution in [1.82, 2.24) is 9.80 Å². The van der Waals surface area contributed by atoms with Crippen LogP contribution in [0.2, 0.25) is 0 Å². The molecule has 1 aliphatic rings. The van der Waals surface area contributed by atoms with Crippen molar-refractivity contribution in [3.05, 3.63) is 0 Å². The van der Waals surface area contributed by atoms with Gasteiger partial charge in [-0.3, -0.25) is 9.69 Å². The van der Waals surface area contributed by atoms with Crippen LogP contribution in [0, 0.1) is 0 Å². The van der Waals surface area contributed by atoms with Crippen molar-refractivity contribution in [2.45, 2.75) is 52.2 Å². The summed E-state index contributed by atoms with van der Waals surface area (Å²) in [5.74, 6) is -0.803. The molecule has 20 heavy (non-hydrogen) atoms. The van der Waals surface area contributed by atoms with Gasteiger partial charge in [-0.1, -0.05) is 0 Å². The second-order valence-corrected chi connectivity index (χ2v) is 6.17.